The van der Waals surface area contributed by atoms with Crippen molar-refractivity contribution in [1.82, 2.24) is 20.1 Å². The van der Waals surface area contributed by atoms with Crippen LogP contribution in [0.3, 0.4) is 0 Å². The SMILES string of the molecule is Cc1cc(C)c(CNC(=O)c2ccc3c(c2)Cc2cc(Cn4cc(F)cn4)ccc2C3)c(C)n1. The summed E-state index contributed by atoms with van der Waals surface area (Å²) in [5, 5.41) is 7.10. The normalized spacial score (nSPS) is 12.2. The third-order valence-electron chi connectivity index (χ3n) is 6.56. The van der Waals surface area contributed by atoms with Gasteiger partial charge in [0.2, 0.25) is 0 Å². The van der Waals surface area contributed by atoms with Gasteiger partial charge in [-0.05, 0) is 90.8 Å². The van der Waals surface area contributed by atoms with Gasteiger partial charge in [-0.2, -0.15) is 5.10 Å². The molecular formula is C28H27FN4O. The van der Waals surface area contributed by atoms with Gasteiger partial charge in [0.25, 0.3) is 5.91 Å². The summed E-state index contributed by atoms with van der Waals surface area (Å²) in [6.07, 6.45) is 4.23. The van der Waals surface area contributed by atoms with Gasteiger partial charge in [-0.3, -0.25) is 14.5 Å². The molecule has 1 aliphatic rings. The fourth-order valence-corrected chi connectivity index (χ4v) is 4.83. The van der Waals surface area contributed by atoms with E-state index < -0.39 is 0 Å². The van der Waals surface area contributed by atoms with Gasteiger partial charge in [-0.15, -0.1) is 0 Å². The van der Waals surface area contributed by atoms with E-state index in [1.165, 1.54) is 34.6 Å². The predicted molar refractivity (Wildman–Crippen MR) is 129 cm³/mol. The molecule has 0 aliphatic heterocycles. The number of amides is 1. The van der Waals surface area contributed by atoms with Gasteiger partial charge in [0.05, 0.1) is 18.9 Å². The predicted octanol–water partition coefficient (Wildman–Crippen LogP) is 4.82. The number of hydrogen-bond acceptors (Lipinski definition) is 3. The van der Waals surface area contributed by atoms with Crippen molar-refractivity contribution in [3.63, 3.8) is 0 Å². The Balaban J connectivity index is 1.31. The number of nitrogens with one attached hydrogen (secondary N) is 1. The summed E-state index contributed by atoms with van der Waals surface area (Å²) in [4.78, 5) is 17.4. The summed E-state index contributed by atoms with van der Waals surface area (Å²) >= 11 is 0. The van der Waals surface area contributed by atoms with Crippen LogP contribution in [0.2, 0.25) is 0 Å². The summed E-state index contributed by atoms with van der Waals surface area (Å²) in [5.74, 6) is -0.413. The van der Waals surface area contributed by atoms with Crippen LogP contribution in [0, 0.1) is 26.6 Å². The van der Waals surface area contributed by atoms with Crippen LogP contribution in [0.1, 0.15) is 60.7 Å². The van der Waals surface area contributed by atoms with Gasteiger partial charge in [0, 0.05) is 23.5 Å². The zero-order chi connectivity index (χ0) is 23.8. The molecule has 34 heavy (non-hydrogen) atoms. The molecule has 2 heterocycles. The van der Waals surface area contributed by atoms with Gasteiger partial charge in [-0.1, -0.05) is 24.3 Å². The molecule has 6 heteroatoms. The maximum atomic E-state index is 13.3. The molecule has 1 amide bonds. The molecule has 0 unspecified atom stereocenters. The van der Waals surface area contributed by atoms with E-state index in [1.54, 1.807) is 4.68 Å². The highest BCUT2D eigenvalue weighted by Crippen LogP contribution is 2.29. The molecule has 0 spiro atoms. The number of hydrogen-bond donors (Lipinski definition) is 1. The highest BCUT2D eigenvalue weighted by Gasteiger charge is 2.18. The average Bonchev–Trinajstić information content (AvgIpc) is 3.20. The van der Waals surface area contributed by atoms with Crippen molar-refractivity contribution >= 4 is 5.91 Å². The maximum absolute atomic E-state index is 13.3. The van der Waals surface area contributed by atoms with Crippen LogP contribution in [-0.4, -0.2) is 20.7 Å². The Morgan fingerprint density at radius 3 is 2.47 bits per heavy atom. The number of halogens is 1. The van der Waals surface area contributed by atoms with E-state index in [2.05, 4.69) is 46.6 Å². The lowest BCUT2D eigenvalue weighted by Crippen LogP contribution is -2.24. The van der Waals surface area contributed by atoms with Gasteiger partial charge >= 0.3 is 0 Å². The van der Waals surface area contributed by atoms with Crippen molar-refractivity contribution in [2.45, 2.75) is 46.7 Å². The van der Waals surface area contributed by atoms with Crippen molar-refractivity contribution in [1.29, 1.82) is 0 Å². The highest BCUT2D eigenvalue weighted by atomic mass is 19.1. The first-order chi connectivity index (χ1) is 16.4. The molecule has 5 nitrogen and oxygen atoms in total. The third kappa shape index (κ3) is 4.49. The maximum Gasteiger partial charge on any atom is 0.251 e. The van der Waals surface area contributed by atoms with Gasteiger partial charge in [0.15, 0.2) is 5.82 Å². The molecule has 5 rings (SSSR count). The van der Waals surface area contributed by atoms with Gasteiger partial charge in [0.1, 0.15) is 0 Å². The number of pyridine rings is 1. The Labute approximate surface area is 198 Å². The molecule has 0 atom stereocenters. The van der Waals surface area contributed by atoms with Crippen LogP contribution >= 0.6 is 0 Å². The smallest absolute Gasteiger partial charge is 0.251 e. The molecule has 0 bridgehead atoms. The van der Waals surface area contributed by atoms with Crippen LogP contribution in [0.25, 0.3) is 0 Å². The van der Waals surface area contributed by atoms with Gasteiger partial charge in [-0.25, -0.2) is 4.39 Å². The number of fused-ring (bicyclic) bond motifs is 2. The molecular weight excluding hydrogens is 427 g/mol. The first-order valence-corrected chi connectivity index (χ1v) is 11.5. The van der Waals surface area contributed by atoms with Crippen LogP contribution in [0.4, 0.5) is 4.39 Å². The molecule has 1 N–H and O–H groups in total. The van der Waals surface area contributed by atoms with Crippen molar-refractivity contribution in [3.8, 4) is 0 Å². The fourth-order valence-electron chi connectivity index (χ4n) is 4.83. The Kier molecular flexibility index (Phi) is 5.74. The lowest BCUT2D eigenvalue weighted by atomic mass is 9.84. The van der Waals surface area contributed by atoms with E-state index in [1.807, 2.05) is 32.0 Å². The zero-order valence-electron chi connectivity index (χ0n) is 19.7. The zero-order valence-corrected chi connectivity index (χ0v) is 19.7. The topological polar surface area (TPSA) is 59.8 Å². The van der Waals surface area contributed by atoms with Crippen LogP contribution in [0.5, 0.6) is 0 Å². The summed E-state index contributed by atoms with van der Waals surface area (Å²) in [7, 11) is 0. The largest absolute Gasteiger partial charge is 0.348 e. The first kappa shape index (κ1) is 22.0. The molecule has 0 saturated heterocycles. The second-order valence-electron chi connectivity index (χ2n) is 9.12. The number of benzene rings is 2. The van der Waals surface area contributed by atoms with E-state index in [9.17, 15) is 9.18 Å². The number of carbonyl (C=O) groups is 1. The summed E-state index contributed by atoms with van der Waals surface area (Å²) in [6, 6.07) is 14.4. The number of nitrogens with zero attached hydrogens (tertiary/aromatic N) is 3. The van der Waals surface area contributed by atoms with Crippen LogP contribution in [0.15, 0.2) is 54.9 Å². The Bertz CT molecular complexity index is 1380. The molecule has 1 aliphatic carbocycles. The summed E-state index contributed by atoms with van der Waals surface area (Å²) in [5.41, 5.74) is 10.8. The van der Waals surface area contributed by atoms with Crippen molar-refractivity contribution in [2.75, 3.05) is 0 Å². The lowest BCUT2D eigenvalue weighted by Gasteiger charge is -2.21. The highest BCUT2D eigenvalue weighted by molar-refractivity contribution is 5.94. The fraction of sp³-hybridized carbons (Fsp3) is 0.250. The van der Waals surface area contributed by atoms with E-state index in [-0.39, 0.29) is 11.7 Å². The minimum Gasteiger partial charge on any atom is -0.348 e. The molecule has 172 valence electrons. The number of aryl methyl sites for hydroxylation is 3. The van der Waals surface area contributed by atoms with E-state index in [0.29, 0.717) is 18.7 Å². The van der Waals surface area contributed by atoms with E-state index >= 15 is 0 Å². The van der Waals surface area contributed by atoms with Gasteiger partial charge < -0.3 is 5.32 Å². The Morgan fingerprint density at radius 1 is 1.00 bits per heavy atom. The molecule has 0 saturated carbocycles. The second-order valence-corrected chi connectivity index (χ2v) is 9.12. The second kappa shape index (κ2) is 8.86. The molecule has 2 aromatic heterocycles. The first-order valence-electron chi connectivity index (χ1n) is 11.5. The van der Waals surface area contributed by atoms with Crippen molar-refractivity contribution < 1.29 is 9.18 Å². The number of rotatable bonds is 5. The quantitative estimate of drug-likeness (QED) is 0.414. The van der Waals surface area contributed by atoms with E-state index in [4.69, 9.17) is 0 Å². The molecule has 4 aromatic rings. The standard InChI is InChI=1S/C28H27FN4O/c1-17-8-18(2)32-19(3)27(17)14-30-28(34)23-7-6-22-10-21-5-4-20(9-24(21)12-25(22)11-23)15-33-16-26(29)13-31-33/h4-9,11,13,16H,10,12,14-15H2,1-3H3,(H,30,34). The minimum atomic E-state index is -0.332. The number of carbonyl (C=O) groups excluding carboxylic acids is 1. The van der Waals surface area contributed by atoms with Crippen LogP contribution in [-0.2, 0) is 25.9 Å². The lowest BCUT2D eigenvalue weighted by molar-refractivity contribution is 0.0950. The number of aromatic nitrogens is 3. The van der Waals surface area contributed by atoms with Crippen molar-refractivity contribution in [2.24, 2.45) is 0 Å². The Morgan fingerprint density at radius 2 is 1.74 bits per heavy atom. The summed E-state index contributed by atoms with van der Waals surface area (Å²) < 4.78 is 14.9. The van der Waals surface area contributed by atoms with E-state index in [0.717, 1.165) is 40.9 Å². The summed E-state index contributed by atoms with van der Waals surface area (Å²) in [6.45, 7) is 7.00. The average molecular weight is 455 g/mol. The minimum absolute atomic E-state index is 0.0811. The third-order valence-corrected chi connectivity index (χ3v) is 6.56. The molecule has 0 radical (unpaired) electrons. The monoisotopic (exact) mass is 454 g/mol. The molecule has 2 aromatic carbocycles. The Hall–Kier alpha value is -3.80. The van der Waals surface area contributed by atoms with Crippen molar-refractivity contribution in [3.05, 3.63) is 117 Å². The van der Waals surface area contributed by atoms with Crippen LogP contribution < -0.4 is 5.32 Å². The molecule has 0 fully saturated rings.